The van der Waals surface area contributed by atoms with Gasteiger partial charge in [-0.3, -0.25) is 4.79 Å². The van der Waals surface area contributed by atoms with Crippen LogP contribution in [0.4, 0.5) is 4.39 Å². The van der Waals surface area contributed by atoms with Gasteiger partial charge in [-0.2, -0.15) is 0 Å². The highest BCUT2D eigenvalue weighted by atomic mass is 35.5. The number of nitrogens with one attached hydrogen (secondary N) is 1. The first-order valence-electron chi connectivity index (χ1n) is 8.02. The fourth-order valence-electron chi connectivity index (χ4n) is 2.93. The second-order valence-electron chi connectivity index (χ2n) is 6.09. The summed E-state index contributed by atoms with van der Waals surface area (Å²) in [6.45, 7) is 0.460. The molecule has 1 amide bonds. The molecular weight excluding hydrogens is 327 g/mol. The van der Waals surface area contributed by atoms with Crippen LogP contribution in [0, 0.1) is 11.7 Å². The molecule has 1 fully saturated rings. The molecule has 0 bridgehead atoms. The lowest BCUT2D eigenvalue weighted by Crippen LogP contribution is -2.36. The lowest BCUT2D eigenvalue weighted by molar-refractivity contribution is 0.0900. The summed E-state index contributed by atoms with van der Waals surface area (Å²) in [5.74, 6) is 0.0623. The summed E-state index contributed by atoms with van der Waals surface area (Å²) in [6, 6.07) is 13.7. The van der Waals surface area contributed by atoms with Gasteiger partial charge in [-0.15, -0.1) is 12.4 Å². The third-order valence-electron chi connectivity index (χ3n) is 4.59. The topological polar surface area (TPSA) is 55.1 Å². The van der Waals surface area contributed by atoms with Crippen molar-refractivity contribution in [2.24, 2.45) is 11.7 Å². The number of hydrogen-bond donors (Lipinski definition) is 2. The normalized spacial score (nSPS) is 15.1. The molecule has 1 saturated carbocycles. The van der Waals surface area contributed by atoms with E-state index in [0.717, 1.165) is 24.0 Å². The Morgan fingerprint density at radius 1 is 1.12 bits per heavy atom. The highest BCUT2D eigenvalue weighted by Crippen LogP contribution is 2.37. The maximum absolute atomic E-state index is 13.1. The van der Waals surface area contributed by atoms with E-state index in [4.69, 9.17) is 5.73 Å². The number of amides is 1. The molecule has 1 aliphatic rings. The maximum atomic E-state index is 13.1. The minimum Gasteiger partial charge on any atom is -0.345 e. The number of benzene rings is 2. The summed E-state index contributed by atoms with van der Waals surface area (Å²) < 4.78 is 13.1. The lowest BCUT2D eigenvalue weighted by atomic mass is 9.77. The Morgan fingerprint density at radius 3 is 2.25 bits per heavy atom. The van der Waals surface area contributed by atoms with Crippen molar-refractivity contribution in [1.82, 2.24) is 5.32 Å². The molecule has 0 saturated heterocycles. The summed E-state index contributed by atoms with van der Waals surface area (Å²) in [7, 11) is 0. The zero-order valence-corrected chi connectivity index (χ0v) is 14.2. The second-order valence-corrected chi connectivity index (χ2v) is 6.09. The van der Waals surface area contributed by atoms with Crippen molar-refractivity contribution in [2.45, 2.75) is 31.8 Å². The molecule has 0 aliphatic heterocycles. The van der Waals surface area contributed by atoms with Gasteiger partial charge in [-0.05, 0) is 54.2 Å². The van der Waals surface area contributed by atoms with Crippen LogP contribution in [0.5, 0.6) is 0 Å². The zero-order chi connectivity index (χ0) is 16.2. The third kappa shape index (κ3) is 4.13. The van der Waals surface area contributed by atoms with E-state index in [-0.39, 0.29) is 30.2 Å². The Hall–Kier alpha value is -1.91. The number of nitrogens with two attached hydrogens (primary N) is 1. The van der Waals surface area contributed by atoms with Gasteiger partial charge in [0.2, 0.25) is 0 Å². The van der Waals surface area contributed by atoms with Crippen LogP contribution in [-0.4, -0.2) is 5.91 Å². The largest absolute Gasteiger partial charge is 0.345 e. The van der Waals surface area contributed by atoms with Crippen molar-refractivity contribution in [1.29, 1.82) is 0 Å². The number of carbonyl (C=O) groups excluding carboxylic acids is 1. The van der Waals surface area contributed by atoms with Crippen LogP contribution in [0.3, 0.4) is 0 Å². The van der Waals surface area contributed by atoms with Crippen molar-refractivity contribution in [2.75, 3.05) is 0 Å². The minimum atomic E-state index is -0.259. The van der Waals surface area contributed by atoms with Gasteiger partial charge < -0.3 is 11.1 Å². The van der Waals surface area contributed by atoms with Crippen LogP contribution in [0.1, 0.15) is 46.8 Å². The van der Waals surface area contributed by atoms with Crippen molar-refractivity contribution < 1.29 is 9.18 Å². The van der Waals surface area contributed by atoms with Crippen molar-refractivity contribution in [3.63, 3.8) is 0 Å². The average Bonchev–Trinajstić information content (AvgIpc) is 2.53. The molecule has 0 aromatic heterocycles. The van der Waals surface area contributed by atoms with E-state index in [0.29, 0.717) is 18.0 Å². The molecule has 3 N–H and O–H groups in total. The van der Waals surface area contributed by atoms with Gasteiger partial charge in [-0.25, -0.2) is 4.39 Å². The Labute approximate surface area is 147 Å². The third-order valence-corrected chi connectivity index (χ3v) is 4.59. The van der Waals surface area contributed by atoms with E-state index in [1.54, 1.807) is 24.3 Å². The zero-order valence-electron chi connectivity index (χ0n) is 13.4. The Balaban J connectivity index is 0.00000208. The number of rotatable bonds is 5. The van der Waals surface area contributed by atoms with Crippen LogP contribution >= 0.6 is 12.4 Å². The van der Waals surface area contributed by atoms with Gasteiger partial charge in [0.15, 0.2) is 0 Å². The molecule has 3 nitrogen and oxygen atoms in total. The fraction of sp³-hybridized carbons (Fsp3) is 0.316. The van der Waals surface area contributed by atoms with Crippen LogP contribution < -0.4 is 11.1 Å². The van der Waals surface area contributed by atoms with Crippen molar-refractivity contribution in [3.8, 4) is 0 Å². The molecule has 128 valence electrons. The van der Waals surface area contributed by atoms with Gasteiger partial charge >= 0.3 is 0 Å². The highest BCUT2D eigenvalue weighted by molar-refractivity contribution is 5.94. The second kappa shape index (κ2) is 8.27. The fourth-order valence-corrected chi connectivity index (χ4v) is 2.93. The predicted molar refractivity (Wildman–Crippen MR) is 95.5 cm³/mol. The lowest BCUT2D eigenvalue weighted by Gasteiger charge is -2.34. The van der Waals surface area contributed by atoms with Crippen molar-refractivity contribution >= 4 is 18.3 Å². The SMILES string of the molecule is Cl.NCc1ccc(C(=O)NC(c2ccc(F)cc2)C2CCC2)cc1. The highest BCUT2D eigenvalue weighted by Gasteiger charge is 2.30. The molecule has 3 rings (SSSR count). The quantitative estimate of drug-likeness (QED) is 0.858. The standard InChI is InChI=1S/C19H21FN2O.ClH/c20-17-10-8-15(9-11-17)18(14-2-1-3-14)22-19(23)16-6-4-13(12-21)5-7-16;/h4-11,14,18H,1-3,12,21H2,(H,22,23);1H. The maximum Gasteiger partial charge on any atom is 0.251 e. The van der Waals surface area contributed by atoms with Crippen LogP contribution in [0.25, 0.3) is 0 Å². The predicted octanol–water partition coefficient (Wildman–Crippen LogP) is 3.98. The van der Waals surface area contributed by atoms with E-state index >= 15 is 0 Å². The smallest absolute Gasteiger partial charge is 0.251 e. The van der Waals surface area contributed by atoms with E-state index < -0.39 is 0 Å². The molecule has 5 heteroatoms. The van der Waals surface area contributed by atoms with E-state index in [1.165, 1.54) is 18.6 Å². The molecule has 2 aromatic rings. The first-order chi connectivity index (χ1) is 11.2. The van der Waals surface area contributed by atoms with Gasteiger partial charge in [-0.1, -0.05) is 30.7 Å². The summed E-state index contributed by atoms with van der Waals surface area (Å²) >= 11 is 0. The molecule has 0 spiro atoms. The van der Waals surface area contributed by atoms with Gasteiger partial charge in [0.1, 0.15) is 5.82 Å². The average molecular weight is 349 g/mol. The van der Waals surface area contributed by atoms with Crippen molar-refractivity contribution in [3.05, 3.63) is 71.0 Å². The molecule has 1 unspecified atom stereocenters. The summed E-state index contributed by atoms with van der Waals surface area (Å²) in [6.07, 6.45) is 3.37. The molecule has 2 aromatic carbocycles. The van der Waals surface area contributed by atoms with Gasteiger partial charge in [0, 0.05) is 12.1 Å². The summed E-state index contributed by atoms with van der Waals surface area (Å²) in [4.78, 5) is 12.5. The van der Waals surface area contributed by atoms with Crippen LogP contribution in [0.15, 0.2) is 48.5 Å². The first kappa shape index (κ1) is 18.4. The molecule has 0 radical (unpaired) electrons. The molecule has 24 heavy (non-hydrogen) atoms. The Bertz CT molecular complexity index is 669. The molecule has 0 heterocycles. The molecule has 1 aliphatic carbocycles. The van der Waals surface area contributed by atoms with Crippen LogP contribution in [0.2, 0.25) is 0 Å². The Kier molecular flexibility index (Phi) is 6.35. The van der Waals surface area contributed by atoms with E-state index in [9.17, 15) is 9.18 Å². The van der Waals surface area contributed by atoms with Crippen LogP contribution in [-0.2, 0) is 6.54 Å². The molecule has 1 atom stereocenters. The Morgan fingerprint density at radius 2 is 1.75 bits per heavy atom. The molecular formula is C19H22ClFN2O. The van der Waals surface area contributed by atoms with Gasteiger partial charge in [0.05, 0.1) is 6.04 Å². The summed E-state index contributed by atoms with van der Waals surface area (Å²) in [5.41, 5.74) is 8.16. The number of halogens is 2. The number of hydrogen-bond acceptors (Lipinski definition) is 2. The summed E-state index contributed by atoms with van der Waals surface area (Å²) in [5, 5.41) is 3.12. The number of carbonyl (C=O) groups is 1. The van der Waals surface area contributed by atoms with E-state index in [1.807, 2.05) is 12.1 Å². The van der Waals surface area contributed by atoms with E-state index in [2.05, 4.69) is 5.32 Å². The monoisotopic (exact) mass is 348 g/mol. The first-order valence-corrected chi connectivity index (χ1v) is 8.02. The van der Waals surface area contributed by atoms with Gasteiger partial charge in [0.25, 0.3) is 5.91 Å². The minimum absolute atomic E-state index is 0.